The standard InChI is InChI=1S/C7H12O4/c1-4-5(9)3-11-6(2-8)7(4)10/h5-10H,1-3H2/t5?,6-,7?/m1/s1. The van der Waals surface area contributed by atoms with Crippen molar-refractivity contribution in [2.75, 3.05) is 13.2 Å². The van der Waals surface area contributed by atoms with E-state index in [1.807, 2.05) is 0 Å². The van der Waals surface area contributed by atoms with Gasteiger partial charge in [0.25, 0.3) is 0 Å². The lowest BCUT2D eigenvalue weighted by molar-refractivity contribution is -0.104. The molecule has 0 amide bonds. The molecule has 0 radical (unpaired) electrons. The predicted octanol–water partition coefficient (Wildman–Crippen LogP) is -1.34. The van der Waals surface area contributed by atoms with E-state index in [4.69, 9.17) is 14.9 Å². The van der Waals surface area contributed by atoms with Crippen LogP contribution in [0.4, 0.5) is 0 Å². The quantitative estimate of drug-likeness (QED) is 0.415. The molecule has 2 unspecified atom stereocenters. The van der Waals surface area contributed by atoms with Gasteiger partial charge in [-0.25, -0.2) is 0 Å². The predicted molar refractivity (Wildman–Crippen MR) is 38.0 cm³/mol. The maximum Gasteiger partial charge on any atom is 0.110 e. The van der Waals surface area contributed by atoms with Gasteiger partial charge in [0.1, 0.15) is 18.3 Å². The van der Waals surface area contributed by atoms with Crippen LogP contribution in [0.2, 0.25) is 0 Å². The Balaban J connectivity index is 2.59. The van der Waals surface area contributed by atoms with Crippen molar-refractivity contribution in [2.45, 2.75) is 18.3 Å². The summed E-state index contributed by atoms with van der Waals surface area (Å²) < 4.78 is 4.91. The maximum atomic E-state index is 9.26. The summed E-state index contributed by atoms with van der Waals surface area (Å²) in [7, 11) is 0. The molecule has 1 fully saturated rings. The molecule has 0 aromatic carbocycles. The van der Waals surface area contributed by atoms with Crippen molar-refractivity contribution in [3.8, 4) is 0 Å². The van der Waals surface area contributed by atoms with Crippen LogP contribution in [0.3, 0.4) is 0 Å². The average molecular weight is 160 g/mol. The zero-order valence-corrected chi connectivity index (χ0v) is 6.10. The summed E-state index contributed by atoms with van der Waals surface area (Å²) >= 11 is 0. The van der Waals surface area contributed by atoms with Gasteiger partial charge in [-0.05, 0) is 5.57 Å². The van der Waals surface area contributed by atoms with Crippen molar-refractivity contribution in [1.82, 2.24) is 0 Å². The third-order valence-electron chi connectivity index (χ3n) is 1.81. The van der Waals surface area contributed by atoms with Gasteiger partial charge in [-0.1, -0.05) is 6.58 Å². The molecule has 1 saturated heterocycles. The number of hydrogen-bond acceptors (Lipinski definition) is 4. The summed E-state index contributed by atoms with van der Waals surface area (Å²) in [6, 6.07) is 0. The van der Waals surface area contributed by atoms with Crippen LogP contribution < -0.4 is 0 Å². The van der Waals surface area contributed by atoms with Crippen LogP contribution in [-0.2, 0) is 4.74 Å². The van der Waals surface area contributed by atoms with E-state index in [0.717, 1.165) is 0 Å². The fourth-order valence-electron chi connectivity index (χ4n) is 1.00. The molecule has 3 N–H and O–H groups in total. The Bertz CT molecular complexity index is 157. The lowest BCUT2D eigenvalue weighted by atomic mass is 9.99. The summed E-state index contributed by atoms with van der Waals surface area (Å²) in [6.07, 6.45) is -2.40. The third kappa shape index (κ3) is 1.59. The molecule has 64 valence electrons. The van der Waals surface area contributed by atoms with Gasteiger partial charge in [0.2, 0.25) is 0 Å². The lowest BCUT2D eigenvalue weighted by Crippen LogP contribution is -2.44. The van der Waals surface area contributed by atoms with Crippen LogP contribution in [0.15, 0.2) is 12.2 Å². The SMILES string of the molecule is C=C1C(O)CO[C@H](CO)C1O. The van der Waals surface area contributed by atoms with Gasteiger partial charge in [-0.15, -0.1) is 0 Å². The number of aliphatic hydroxyl groups is 3. The van der Waals surface area contributed by atoms with E-state index in [2.05, 4.69) is 6.58 Å². The second-order valence-corrected chi connectivity index (χ2v) is 2.59. The largest absolute Gasteiger partial charge is 0.394 e. The molecule has 1 rings (SSSR count). The Labute approximate surface area is 64.7 Å². The van der Waals surface area contributed by atoms with Gasteiger partial charge in [0.05, 0.1) is 13.2 Å². The summed E-state index contributed by atoms with van der Waals surface area (Å²) in [4.78, 5) is 0. The van der Waals surface area contributed by atoms with Crippen molar-refractivity contribution >= 4 is 0 Å². The zero-order chi connectivity index (χ0) is 8.43. The fraction of sp³-hybridized carbons (Fsp3) is 0.714. The van der Waals surface area contributed by atoms with E-state index in [0.29, 0.717) is 5.57 Å². The van der Waals surface area contributed by atoms with Crippen molar-refractivity contribution in [3.63, 3.8) is 0 Å². The summed E-state index contributed by atoms with van der Waals surface area (Å²) in [5, 5.41) is 27.0. The van der Waals surface area contributed by atoms with Crippen LogP contribution in [-0.4, -0.2) is 46.8 Å². The van der Waals surface area contributed by atoms with E-state index in [1.54, 1.807) is 0 Å². The first kappa shape index (κ1) is 8.67. The van der Waals surface area contributed by atoms with Crippen molar-refractivity contribution < 1.29 is 20.1 Å². The van der Waals surface area contributed by atoms with Crippen molar-refractivity contribution in [1.29, 1.82) is 0 Å². The molecule has 3 atom stereocenters. The number of ether oxygens (including phenoxy) is 1. The second-order valence-electron chi connectivity index (χ2n) is 2.59. The van der Waals surface area contributed by atoms with Gasteiger partial charge in [-0.2, -0.15) is 0 Å². The van der Waals surface area contributed by atoms with Crippen LogP contribution in [0.1, 0.15) is 0 Å². The van der Waals surface area contributed by atoms with Gasteiger partial charge >= 0.3 is 0 Å². The fourth-order valence-corrected chi connectivity index (χ4v) is 1.00. The topological polar surface area (TPSA) is 69.9 Å². The van der Waals surface area contributed by atoms with Crippen LogP contribution >= 0.6 is 0 Å². The highest BCUT2D eigenvalue weighted by Gasteiger charge is 2.31. The Morgan fingerprint density at radius 2 is 2.18 bits per heavy atom. The summed E-state index contributed by atoms with van der Waals surface area (Å²) in [6.45, 7) is 3.32. The molecule has 1 heterocycles. The first-order valence-corrected chi connectivity index (χ1v) is 3.44. The Hall–Kier alpha value is -0.420. The van der Waals surface area contributed by atoms with Gasteiger partial charge in [0.15, 0.2) is 0 Å². The normalized spacial score (nSPS) is 39.2. The number of rotatable bonds is 1. The molecule has 0 spiro atoms. The Morgan fingerprint density at radius 3 is 2.73 bits per heavy atom. The van der Waals surface area contributed by atoms with Gasteiger partial charge in [-0.3, -0.25) is 0 Å². The van der Waals surface area contributed by atoms with Gasteiger partial charge < -0.3 is 20.1 Å². The molecular weight excluding hydrogens is 148 g/mol. The van der Waals surface area contributed by atoms with Crippen LogP contribution in [0, 0.1) is 0 Å². The molecule has 0 aromatic rings. The molecular formula is C7H12O4. The monoisotopic (exact) mass is 160 g/mol. The highest BCUT2D eigenvalue weighted by atomic mass is 16.5. The molecule has 0 aromatic heterocycles. The smallest absolute Gasteiger partial charge is 0.110 e. The molecule has 1 aliphatic heterocycles. The van der Waals surface area contributed by atoms with E-state index in [-0.39, 0.29) is 13.2 Å². The number of aliphatic hydroxyl groups excluding tert-OH is 3. The molecule has 4 nitrogen and oxygen atoms in total. The van der Waals surface area contributed by atoms with E-state index in [1.165, 1.54) is 0 Å². The highest BCUT2D eigenvalue weighted by Crippen LogP contribution is 2.18. The molecule has 0 bridgehead atoms. The van der Waals surface area contributed by atoms with Crippen molar-refractivity contribution in [3.05, 3.63) is 12.2 Å². The first-order valence-electron chi connectivity index (χ1n) is 3.44. The molecule has 11 heavy (non-hydrogen) atoms. The molecule has 0 aliphatic carbocycles. The minimum absolute atomic E-state index is 0.0983. The van der Waals surface area contributed by atoms with E-state index < -0.39 is 18.3 Å². The maximum absolute atomic E-state index is 9.26. The molecule has 4 heteroatoms. The summed E-state index contributed by atoms with van der Waals surface area (Å²) in [5.74, 6) is 0. The Morgan fingerprint density at radius 1 is 1.55 bits per heavy atom. The Kier molecular flexibility index (Phi) is 2.62. The van der Waals surface area contributed by atoms with Crippen LogP contribution in [0.5, 0.6) is 0 Å². The van der Waals surface area contributed by atoms with E-state index >= 15 is 0 Å². The summed E-state index contributed by atoms with van der Waals surface area (Å²) in [5.41, 5.74) is 0.315. The minimum Gasteiger partial charge on any atom is -0.394 e. The van der Waals surface area contributed by atoms with Crippen molar-refractivity contribution in [2.24, 2.45) is 0 Å². The van der Waals surface area contributed by atoms with E-state index in [9.17, 15) is 5.11 Å². The zero-order valence-electron chi connectivity index (χ0n) is 6.10. The highest BCUT2D eigenvalue weighted by molar-refractivity contribution is 5.13. The first-order chi connectivity index (χ1) is 5.16. The van der Waals surface area contributed by atoms with Gasteiger partial charge in [0, 0.05) is 0 Å². The molecule has 0 saturated carbocycles. The molecule has 1 aliphatic rings. The minimum atomic E-state index is -0.955. The third-order valence-corrected chi connectivity index (χ3v) is 1.81. The number of hydrogen-bond donors (Lipinski definition) is 3. The average Bonchev–Trinajstić information content (AvgIpc) is 2.01. The lowest BCUT2D eigenvalue weighted by Gasteiger charge is -2.31. The second kappa shape index (κ2) is 3.32. The van der Waals surface area contributed by atoms with Crippen LogP contribution in [0.25, 0.3) is 0 Å².